The quantitative estimate of drug-likeness (QED) is 0.315. The third-order valence-electron chi connectivity index (χ3n) is 3.43. The minimum atomic E-state index is -0.500. The van der Waals surface area contributed by atoms with Gasteiger partial charge in [0.15, 0.2) is 0 Å². The van der Waals surface area contributed by atoms with E-state index in [0.717, 1.165) is 3.57 Å². The third-order valence-corrected chi connectivity index (χ3v) is 4.77. The number of halogens is 2. The lowest BCUT2D eigenvalue weighted by Crippen LogP contribution is -2.41. The highest BCUT2D eigenvalue weighted by atomic mass is 127. The van der Waals surface area contributed by atoms with Gasteiger partial charge in [-0.2, -0.15) is 0 Å². The first-order valence-corrected chi connectivity index (χ1v) is 9.69. The Morgan fingerprint density at radius 2 is 1.70 bits per heavy atom. The molecule has 27 heavy (non-hydrogen) atoms. The Morgan fingerprint density at radius 3 is 2.37 bits per heavy atom. The van der Waals surface area contributed by atoms with E-state index in [1.165, 1.54) is 0 Å². The Morgan fingerprint density at radius 1 is 1.00 bits per heavy atom. The summed E-state index contributed by atoms with van der Waals surface area (Å²) in [5.41, 5.74) is 5.47. The number of carbonyl (C=O) groups is 2. The van der Waals surface area contributed by atoms with Crippen LogP contribution in [0.4, 0.5) is 0 Å². The van der Waals surface area contributed by atoms with Gasteiger partial charge in [-0.3, -0.25) is 20.4 Å². The number of hydrogen-bond acceptors (Lipinski definition) is 5. The van der Waals surface area contributed by atoms with Crippen LogP contribution in [0.1, 0.15) is 20.7 Å². The fourth-order valence-corrected chi connectivity index (χ4v) is 3.20. The van der Waals surface area contributed by atoms with Crippen LogP contribution in [0.15, 0.2) is 40.9 Å². The molecule has 0 fully saturated rings. The lowest BCUT2D eigenvalue weighted by atomic mass is 10.2. The van der Waals surface area contributed by atoms with Crippen LogP contribution in [0.5, 0.6) is 11.5 Å². The number of rotatable bonds is 7. The molecule has 2 amide bonds. The van der Waals surface area contributed by atoms with E-state index in [4.69, 9.17) is 14.2 Å². The summed E-state index contributed by atoms with van der Waals surface area (Å²) in [6.07, 6.45) is 0. The largest absolute Gasteiger partial charge is 0.496 e. The molecule has 2 aromatic rings. The molecule has 0 aliphatic rings. The molecule has 0 unspecified atom stereocenters. The zero-order valence-corrected chi connectivity index (χ0v) is 18.4. The van der Waals surface area contributed by atoms with E-state index in [9.17, 15) is 9.59 Å². The van der Waals surface area contributed by atoms with Gasteiger partial charge in [0, 0.05) is 17.1 Å². The minimum absolute atomic E-state index is 0.282. The average Bonchev–Trinajstić information content (AvgIpc) is 2.67. The fraction of sp³-hybridized carbons (Fsp3) is 0.222. The lowest BCUT2D eigenvalue weighted by Gasteiger charge is -2.13. The molecule has 144 valence electrons. The van der Waals surface area contributed by atoms with Crippen LogP contribution in [0.2, 0.25) is 0 Å². The van der Waals surface area contributed by atoms with Crippen LogP contribution in [0.3, 0.4) is 0 Å². The molecule has 0 bridgehead atoms. The number of benzene rings is 2. The maximum absolute atomic E-state index is 12.5. The first kappa shape index (κ1) is 21.5. The maximum Gasteiger partial charge on any atom is 0.273 e. The number of ether oxygens (including phenoxy) is 3. The molecule has 0 spiro atoms. The van der Waals surface area contributed by atoms with E-state index >= 15 is 0 Å². The van der Waals surface area contributed by atoms with E-state index in [1.807, 2.05) is 0 Å². The van der Waals surface area contributed by atoms with Crippen LogP contribution >= 0.6 is 38.5 Å². The molecule has 7 nitrogen and oxygen atoms in total. The van der Waals surface area contributed by atoms with Gasteiger partial charge >= 0.3 is 0 Å². The predicted molar refractivity (Wildman–Crippen MR) is 112 cm³/mol. The van der Waals surface area contributed by atoms with Gasteiger partial charge in [-0.05, 0) is 59.0 Å². The van der Waals surface area contributed by atoms with Crippen molar-refractivity contribution in [3.8, 4) is 11.5 Å². The molecule has 0 atom stereocenters. The summed E-state index contributed by atoms with van der Waals surface area (Å²) in [7, 11) is 3.12. The van der Waals surface area contributed by atoms with Gasteiger partial charge in [0.25, 0.3) is 11.8 Å². The first-order valence-electron chi connectivity index (χ1n) is 7.81. The first-order chi connectivity index (χ1) is 13.0. The molecular weight excluding hydrogens is 531 g/mol. The van der Waals surface area contributed by atoms with Crippen molar-refractivity contribution < 1.29 is 23.8 Å². The van der Waals surface area contributed by atoms with Crippen LogP contribution in [0.25, 0.3) is 0 Å². The lowest BCUT2D eigenvalue weighted by molar-refractivity contribution is 0.0842. The SMILES string of the molecule is COCCOc1ccc(Br)cc1C(=O)NNC(=O)c1ccc(OC)c(I)c1. The molecule has 0 aromatic heterocycles. The molecular formula is C18H18BrIN2O5. The minimum Gasteiger partial charge on any atom is -0.496 e. The second kappa shape index (κ2) is 10.5. The molecule has 2 aromatic carbocycles. The Kier molecular flexibility index (Phi) is 8.32. The fourth-order valence-electron chi connectivity index (χ4n) is 2.10. The van der Waals surface area contributed by atoms with E-state index in [0.29, 0.717) is 34.7 Å². The zero-order chi connectivity index (χ0) is 19.8. The van der Waals surface area contributed by atoms with Gasteiger partial charge in [-0.15, -0.1) is 0 Å². The van der Waals surface area contributed by atoms with Crippen molar-refractivity contribution in [1.29, 1.82) is 0 Å². The Hall–Kier alpha value is -1.85. The molecule has 0 heterocycles. The van der Waals surface area contributed by atoms with Crippen LogP contribution in [0, 0.1) is 3.57 Å². The molecule has 9 heteroatoms. The standard InChI is InChI=1S/C18H18BrIN2O5/c1-25-7-8-27-15-6-4-12(19)10-13(15)18(24)22-21-17(23)11-3-5-16(26-2)14(20)9-11/h3-6,9-10H,7-8H2,1-2H3,(H,21,23)(H,22,24). The summed E-state index contributed by atoms with van der Waals surface area (Å²) in [4.78, 5) is 24.7. The predicted octanol–water partition coefficient (Wildman–Crippen LogP) is 3.16. The molecule has 0 saturated carbocycles. The zero-order valence-electron chi connectivity index (χ0n) is 14.7. The van der Waals surface area contributed by atoms with Crippen LogP contribution in [-0.2, 0) is 4.74 Å². The van der Waals surface area contributed by atoms with Crippen molar-refractivity contribution in [1.82, 2.24) is 10.9 Å². The second-order valence-electron chi connectivity index (χ2n) is 5.24. The van der Waals surface area contributed by atoms with Gasteiger partial charge in [0.05, 0.1) is 22.9 Å². The van der Waals surface area contributed by atoms with E-state index in [-0.39, 0.29) is 5.56 Å². The van der Waals surface area contributed by atoms with Gasteiger partial charge in [-0.1, -0.05) is 15.9 Å². The molecule has 0 aliphatic heterocycles. The molecule has 0 aliphatic carbocycles. The van der Waals surface area contributed by atoms with Crippen molar-refractivity contribution in [3.63, 3.8) is 0 Å². The van der Waals surface area contributed by atoms with Gasteiger partial charge < -0.3 is 14.2 Å². The number of amides is 2. The highest BCUT2D eigenvalue weighted by Gasteiger charge is 2.15. The molecule has 0 saturated heterocycles. The highest BCUT2D eigenvalue weighted by molar-refractivity contribution is 14.1. The van der Waals surface area contributed by atoms with Crippen molar-refractivity contribution in [3.05, 3.63) is 55.6 Å². The number of nitrogens with one attached hydrogen (secondary N) is 2. The van der Waals surface area contributed by atoms with Crippen molar-refractivity contribution >= 4 is 50.3 Å². The van der Waals surface area contributed by atoms with Gasteiger partial charge in [-0.25, -0.2) is 0 Å². The monoisotopic (exact) mass is 548 g/mol. The van der Waals surface area contributed by atoms with E-state index in [1.54, 1.807) is 50.6 Å². The number of carbonyl (C=O) groups excluding carboxylic acids is 2. The number of hydrazine groups is 1. The van der Waals surface area contributed by atoms with Crippen molar-refractivity contribution in [2.45, 2.75) is 0 Å². The second-order valence-corrected chi connectivity index (χ2v) is 7.32. The Labute approximate surface area is 179 Å². The maximum atomic E-state index is 12.5. The summed E-state index contributed by atoms with van der Waals surface area (Å²) >= 11 is 5.39. The third kappa shape index (κ3) is 6.08. The molecule has 0 radical (unpaired) electrons. The van der Waals surface area contributed by atoms with Crippen molar-refractivity contribution in [2.75, 3.05) is 27.4 Å². The number of methoxy groups -OCH3 is 2. The average molecular weight is 549 g/mol. The van der Waals surface area contributed by atoms with E-state index in [2.05, 4.69) is 49.4 Å². The van der Waals surface area contributed by atoms with E-state index < -0.39 is 11.8 Å². The van der Waals surface area contributed by atoms with Gasteiger partial charge in [0.1, 0.15) is 18.1 Å². The van der Waals surface area contributed by atoms with Crippen molar-refractivity contribution in [2.24, 2.45) is 0 Å². The number of hydrogen-bond donors (Lipinski definition) is 2. The summed E-state index contributed by atoms with van der Waals surface area (Å²) in [6.45, 7) is 0.693. The smallest absolute Gasteiger partial charge is 0.273 e. The Balaban J connectivity index is 2.05. The summed E-state index contributed by atoms with van der Waals surface area (Å²) < 4.78 is 17.2. The normalized spacial score (nSPS) is 10.2. The van der Waals surface area contributed by atoms with Gasteiger partial charge in [0.2, 0.25) is 0 Å². The van der Waals surface area contributed by atoms with Crippen LogP contribution in [-0.4, -0.2) is 39.2 Å². The topological polar surface area (TPSA) is 85.9 Å². The highest BCUT2D eigenvalue weighted by Crippen LogP contribution is 2.23. The molecule has 2 rings (SSSR count). The summed E-state index contributed by atoms with van der Waals surface area (Å²) in [5, 5.41) is 0. The summed E-state index contributed by atoms with van der Waals surface area (Å²) in [5.74, 6) is 0.116. The Bertz CT molecular complexity index is 831. The molecule has 2 N–H and O–H groups in total. The van der Waals surface area contributed by atoms with Crippen LogP contribution < -0.4 is 20.3 Å². The summed E-state index contributed by atoms with van der Waals surface area (Å²) in [6, 6.07) is 10.0.